The van der Waals surface area contributed by atoms with Crippen molar-refractivity contribution in [1.29, 1.82) is 0 Å². The van der Waals surface area contributed by atoms with E-state index in [-0.39, 0.29) is 11.1 Å². The van der Waals surface area contributed by atoms with Gasteiger partial charge in [0.1, 0.15) is 28.8 Å². The largest absolute Gasteiger partial charge is 0.508 e. The number of fused-ring (bicyclic) bond motifs is 3. The molecule has 4 atom stereocenters. The SMILES string of the molecule is NC(=O)C1=C(O)[C@@]2(O)C(=O)C3=C(O)c4c(O)cccc4C(=O)[C@H]3[C@H]([NH+]=O)[C@H]2CC1=O. The number of aliphatic hydroxyl groups excluding tert-OH is 2. The van der Waals surface area contributed by atoms with Gasteiger partial charge in [-0.2, -0.15) is 0 Å². The first kappa shape index (κ1) is 19.5. The van der Waals surface area contributed by atoms with E-state index in [4.69, 9.17) is 5.73 Å². The predicted molar refractivity (Wildman–Crippen MR) is 95.5 cm³/mol. The van der Waals surface area contributed by atoms with Crippen molar-refractivity contribution in [3.05, 3.63) is 51.1 Å². The maximum absolute atomic E-state index is 13.3. The molecule has 154 valence electrons. The number of hydrogen-bond acceptors (Lipinski definition) is 9. The number of nitrogens with one attached hydrogen (secondary N) is 1. The van der Waals surface area contributed by atoms with Gasteiger partial charge in [0.25, 0.3) is 5.91 Å². The molecule has 1 amide bonds. The average Bonchev–Trinajstić information content (AvgIpc) is 2.68. The van der Waals surface area contributed by atoms with E-state index in [1.165, 1.54) is 17.3 Å². The lowest BCUT2D eigenvalue weighted by atomic mass is 9.56. The third kappa shape index (κ3) is 2.12. The van der Waals surface area contributed by atoms with E-state index in [9.17, 15) is 44.5 Å². The van der Waals surface area contributed by atoms with Crippen LogP contribution in [0.3, 0.4) is 0 Å². The molecule has 0 spiro atoms. The van der Waals surface area contributed by atoms with Gasteiger partial charge in [0.2, 0.25) is 11.8 Å². The zero-order valence-corrected chi connectivity index (χ0v) is 15.1. The molecule has 3 aliphatic rings. The van der Waals surface area contributed by atoms with Crippen LogP contribution in [0.25, 0.3) is 5.76 Å². The second kappa shape index (κ2) is 6.07. The molecule has 0 saturated heterocycles. The van der Waals surface area contributed by atoms with Crippen molar-refractivity contribution < 1.29 is 44.8 Å². The number of ketones is 3. The second-order valence-corrected chi connectivity index (χ2v) is 7.36. The maximum Gasteiger partial charge on any atom is 0.255 e. The Morgan fingerprint density at radius 3 is 2.43 bits per heavy atom. The number of primary amides is 1. The number of nitroso groups, excluding NO2 is 1. The minimum absolute atomic E-state index is 0.167. The van der Waals surface area contributed by atoms with E-state index < -0.39 is 81.6 Å². The summed E-state index contributed by atoms with van der Waals surface area (Å²) in [5.74, 6) is -10.6. The molecule has 7 N–H and O–H groups in total. The summed E-state index contributed by atoms with van der Waals surface area (Å²) < 4.78 is 0. The molecule has 0 aromatic heterocycles. The fourth-order valence-electron chi connectivity index (χ4n) is 4.62. The Kier molecular flexibility index (Phi) is 3.93. The molecule has 11 heteroatoms. The van der Waals surface area contributed by atoms with Crippen LogP contribution in [-0.4, -0.2) is 55.3 Å². The summed E-state index contributed by atoms with van der Waals surface area (Å²) in [6.45, 7) is 0. The second-order valence-electron chi connectivity index (χ2n) is 7.36. The van der Waals surface area contributed by atoms with Gasteiger partial charge in [0.05, 0.1) is 17.1 Å². The van der Waals surface area contributed by atoms with Crippen molar-refractivity contribution in [2.75, 3.05) is 0 Å². The highest BCUT2D eigenvalue weighted by Gasteiger charge is 2.68. The lowest BCUT2D eigenvalue weighted by Gasteiger charge is -2.45. The molecular formula is C19H15N2O9+. The highest BCUT2D eigenvalue weighted by Crippen LogP contribution is 2.50. The molecule has 1 aromatic carbocycles. The normalized spacial score (nSPS) is 30.6. The number of carbonyl (C=O) groups excluding carboxylic acids is 4. The summed E-state index contributed by atoms with van der Waals surface area (Å²) in [4.78, 5) is 62.1. The van der Waals surface area contributed by atoms with Crippen LogP contribution in [0.4, 0.5) is 0 Å². The topological polar surface area (TPSA) is 206 Å². The van der Waals surface area contributed by atoms with Crippen LogP contribution in [0.1, 0.15) is 22.3 Å². The Bertz CT molecular complexity index is 1150. The average molecular weight is 415 g/mol. The number of phenolic OH excluding ortho intramolecular Hbond substituents is 1. The Balaban J connectivity index is 2.07. The first-order chi connectivity index (χ1) is 14.1. The van der Waals surface area contributed by atoms with Gasteiger partial charge in [-0.25, -0.2) is 0 Å². The third-order valence-electron chi connectivity index (χ3n) is 5.98. The van der Waals surface area contributed by atoms with Gasteiger partial charge < -0.3 is 26.2 Å². The minimum Gasteiger partial charge on any atom is -0.508 e. The molecular weight excluding hydrogens is 400 g/mol. The van der Waals surface area contributed by atoms with Crippen LogP contribution in [0, 0.1) is 16.7 Å². The van der Waals surface area contributed by atoms with Crippen LogP contribution >= 0.6 is 0 Å². The van der Waals surface area contributed by atoms with E-state index in [1.54, 1.807) is 0 Å². The van der Waals surface area contributed by atoms with Gasteiger partial charge >= 0.3 is 0 Å². The molecule has 0 aliphatic heterocycles. The molecule has 1 aromatic rings. The number of Topliss-reactive ketones (excluding diaryl/α,β-unsaturated/α-hetero) is 3. The fourth-order valence-corrected chi connectivity index (χ4v) is 4.62. The molecule has 0 unspecified atom stereocenters. The zero-order chi connectivity index (χ0) is 22.1. The van der Waals surface area contributed by atoms with Gasteiger partial charge in [-0.3, -0.25) is 19.2 Å². The molecule has 1 fully saturated rings. The van der Waals surface area contributed by atoms with Crippen molar-refractivity contribution in [3.8, 4) is 5.75 Å². The standard InChI is InChI=1S/C19H14N2O9/c20-18(28)10-8(23)4-6-13(21-30)11-12(17(27)19(6,29)16(10)26)15(25)9-5(14(11)24)2-1-3-7(9)22/h1-3,6,11,13,22,25-26,29H,4H2,(H2,20,28)/p+1/t6-,11-,13-,19-/m1/s1. The van der Waals surface area contributed by atoms with Gasteiger partial charge in [-0.05, 0) is 11.2 Å². The first-order valence-corrected chi connectivity index (χ1v) is 8.78. The number of amides is 1. The molecule has 0 heterocycles. The van der Waals surface area contributed by atoms with Crippen molar-refractivity contribution >= 4 is 29.0 Å². The Morgan fingerprint density at radius 1 is 1.17 bits per heavy atom. The number of benzene rings is 1. The van der Waals surface area contributed by atoms with Crippen molar-refractivity contribution in [2.24, 2.45) is 17.6 Å². The predicted octanol–water partition coefficient (Wildman–Crippen LogP) is -2.11. The van der Waals surface area contributed by atoms with Gasteiger partial charge in [-0.1, -0.05) is 12.1 Å². The Hall–Kier alpha value is -3.86. The van der Waals surface area contributed by atoms with Gasteiger partial charge in [-0.15, -0.1) is 0 Å². The lowest BCUT2D eigenvalue weighted by Crippen LogP contribution is -2.84. The smallest absolute Gasteiger partial charge is 0.255 e. The first-order valence-electron chi connectivity index (χ1n) is 8.78. The fraction of sp³-hybridized carbons (Fsp3) is 0.263. The monoisotopic (exact) mass is 415 g/mol. The van der Waals surface area contributed by atoms with E-state index in [2.05, 4.69) is 0 Å². The molecule has 11 nitrogen and oxygen atoms in total. The zero-order valence-electron chi connectivity index (χ0n) is 15.1. The number of aromatic hydroxyl groups is 1. The maximum atomic E-state index is 13.3. The number of hydrogen-bond donors (Lipinski definition) is 6. The highest BCUT2D eigenvalue weighted by atomic mass is 16.3. The summed E-state index contributed by atoms with van der Waals surface area (Å²) >= 11 is 0. The van der Waals surface area contributed by atoms with E-state index in [0.717, 1.165) is 6.07 Å². The third-order valence-corrected chi connectivity index (χ3v) is 5.98. The number of rotatable bonds is 2. The van der Waals surface area contributed by atoms with E-state index >= 15 is 0 Å². The summed E-state index contributed by atoms with van der Waals surface area (Å²) in [6, 6.07) is 2.13. The minimum atomic E-state index is -2.97. The van der Waals surface area contributed by atoms with Gasteiger partial charge in [0.15, 0.2) is 17.2 Å². The summed E-state index contributed by atoms with van der Waals surface area (Å²) in [7, 11) is 0. The Morgan fingerprint density at radius 2 is 1.83 bits per heavy atom. The molecule has 4 rings (SSSR count). The van der Waals surface area contributed by atoms with Crippen molar-refractivity contribution in [3.63, 3.8) is 0 Å². The van der Waals surface area contributed by atoms with E-state index in [0.29, 0.717) is 0 Å². The summed E-state index contributed by atoms with van der Waals surface area (Å²) in [6.07, 6.45) is -0.741. The Labute approximate surface area is 167 Å². The van der Waals surface area contributed by atoms with Crippen LogP contribution in [0.15, 0.2) is 35.1 Å². The molecule has 0 bridgehead atoms. The number of phenols is 1. The number of nitrogens with two attached hydrogens (primary N) is 1. The molecule has 1 saturated carbocycles. The van der Waals surface area contributed by atoms with Crippen LogP contribution < -0.4 is 10.9 Å². The molecule has 0 radical (unpaired) electrons. The summed E-state index contributed by atoms with van der Waals surface area (Å²) in [5, 5.41) is 43.9. The number of carbonyl (C=O) groups is 4. The van der Waals surface area contributed by atoms with Crippen molar-refractivity contribution in [2.45, 2.75) is 18.1 Å². The van der Waals surface area contributed by atoms with Crippen LogP contribution in [0.2, 0.25) is 0 Å². The summed E-state index contributed by atoms with van der Waals surface area (Å²) in [5.41, 5.74) is -0.168. The number of aliphatic hydroxyl groups is 3. The lowest BCUT2D eigenvalue weighted by molar-refractivity contribution is -0.545. The van der Waals surface area contributed by atoms with Crippen LogP contribution in [0.5, 0.6) is 5.75 Å². The van der Waals surface area contributed by atoms with Gasteiger partial charge in [0, 0.05) is 16.9 Å². The highest BCUT2D eigenvalue weighted by molar-refractivity contribution is 6.25. The van der Waals surface area contributed by atoms with E-state index in [1.807, 2.05) is 0 Å². The van der Waals surface area contributed by atoms with Crippen LogP contribution in [-0.2, 0) is 14.4 Å². The molecule has 3 aliphatic carbocycles. The quantitative estimate of drug-likeness (QED) is 0.292. The molecule has 30 heavy (non-hydrogen) atoms. The van der Waals surface area contributed by atoms with Crippen molar-refractivity contribution in [1.82, 2.24) is 0 Å².